The monoisotopic (exact) mass is 398 g/mol. The molecule has 0 bridgehead atoms. The first-order valence-corrected chi connectivity index (χ1v) is 10.4. The molecule has 1 nitrogen and oxygen atoms in total. The number of hydrogen-bond acceptors (Lipinski definition) is 1. The smallest absolute Gasteiger partial charge is 0.116 e. The summed E-state index contributed by atoms with van der Waals surface area (Å²) in [5.41, 5.74) is 9.25. The van der Waals surface area contributed by atoms with Gasteiger partial charge in [0.2, 0.25) is 0 Å². The molecule has 1 heteroatoms. The van der Waals surface area contributed by atoms with E-state index < -0.39 is 0 Å². The van der Waals surface area contributed by atoms with Gasteiger partial charge in [0.15, 0.2) is 0 Å². The van der Waals surface area contributed by atoms with Crippen LogP contribution in [0.1, 0.15) is 0 Å². The first-order chi connectivity index (χ1) is 15.3. The van der Waals surface area contributed by atoms with E-state index in [0.29, 0.717) is 0 Å². The van der Waals surface area contributed by atoms with Crippen LogP contribution in [0.15, 0.2) is 127 Å². The summed E-state index contributed by atoms with van der Waals surface area (Å²) in [6, 6.07) is 43.6. The number of aromatic hydroxyl groups is 1. The fraction of sp³-hybridized carbons (Fsp3) is 0. The van der Waals surface area contributed by atoms with E-state index in [1.165, 1.54) is 27.8 Å². The van der Waals surface area contributed by atoms with Crippen molar-refractivity contribution < 1.29 is 5.11 Å². The van der Waals surface area contributed by atoms with E-state index in [4.69, 9.17) is 0 Å². The summed E-state index contributed by atoms with van der Waals surface area (Å²) in [5, 5.41) is 9.83. The highest BCUT2D eigenvalue weighted by Crippen LogP contribution is 2.32. The SMILES string of the molecule is Oc1cccc(-c2cccc(-c3cccc(-c4cccc(-c5ccccc5)c4)c3)c2)c1. The standard InChI is InChI=1S/C30H22O/c31-30-17-7-16-29(21-30)28-15-6-14-27(20-28)26-13-5-12-25(19-26)24-11-4-10-23(18-24)22-8-2-1-3-9-22/h1-21,31H. The van der Waals surface area contributed by atoms with Gasteiger partial charge in [-0.15, -0.1) is 0 Å². The maximum absolute atomic E-state index is 9.83. The second-order valence-corrected chi connectivity index (χ2v) is 7.66. The lowest BCUT2D eigenvalue weighted by atomic mass is 9.95. The van der Waals surface area contributed by atoms with Crippen molar-refractivity contribution in [2.24, 2.45) is 0 Å². The molecule has 5 aromatic rings. The van der Waals surface area contributed by atoms with Gasteiger partial charge in [-0.05, 0) is 74.8 Å². The van der Waals surface area contributed by atoms with Gasteiger partial charge in [-0.3, -0.25) is 0 Å². The molecule has 0 atom stereocenters. The van der Waals surface area contributed by atoms with Gasteiger partial charge in [-0.1, -0.05) is 97.1 Å². The van der Waals surface area contributed by atoms with Crippen molar-refractivity contribution in [3.8, 4) is 50.3 Å². The molecular formula is C30H22O. The van der Waals surface area contributed by atoms with Crippen LogP contribution in [-0.2, 0) is 0 Å². The van der Waals surface area contributed by atoms with Crippen LogP contribution in [0, 0.1) is 0 Å². The summed E-state index contributed by atoms with van der Waals surface area (Å²) >= 11 is 0. The van der Waals surface area contributed by atoms with Crippen molar-refractivity contribution in [3.63, 3.8) is 0 Å². The molecule has 0 aliphatic rings. The molecule has 0 radical (unpaired) electrons. The first kappa shape index (κ1) is 18.9. The third-order valence-electron chi connectivity index (χ3n) is 5.54. The summed E-state index contributed by atoms with van der Waals surface area (Å²) < 4.78 is 0. The molecule has 0 heterocycles. The largest absolute Gasteiger partial charge is 0.508 e. The molecule has 0 saturated heterocycles. The van der Waals surface area contributed by atoms with E-state index >= 15 is 0 Å². The lowest BCUT2D eigenvalue weighted by Crippen LogP contribution is -1.84. The van der Waals surface area contributed by atoms with E-state index in [9.17, 15) is 5.11 Å². The van der Waals surface area contributed by atoms with E-state index in [1.54, 1.807) is 12.1 Å². The maximum Gasteiger partial charge on any atom is 0.116 e. The minimum absolute atomic E-state index is 0.281. The normalized spacial score (nSPS) is 10.7. The number of phenolic OH excluding ortho intramolecular Hbond substituents is 1. The van der Waals surface area contributed by atoms with Crippen LogP contribution >= 0.6 is 0 Å². The lowest BCUT2D eigenvalue weighted by molar-refractivity contribution is 0.475. The van der Waals surface area contributed by atoms with Crippen LogP contribution in [0.2, 0.25) is 0 Å². The molecule has 1 N–H and O–H groups in total. The van der Waals surface area contributed by atoms with E-state index in [0.717, 1.165) is 16.7 Å². The Morgan fingerprint density at radius 1 is 0.290 bits per heavy atom. The van der Waals surface area contributed by atoms with E-state index in [1.807, 2.05) is 18.2 Å². The molecule has 0 unspecified atom stereocenters. The third-order valence-corrected chi connectivity index (χ3v) is 5.54. The summed E-state index contributed by atoms with van der Waals surface area (Å²) in [5.74, 6) is 0.281. The predicted molar refractivity (Wildman–Crippen MR) is 130 cm³/mol. The fourth-order valence-electron chi connectivity index (χ4n) is 3.95. The molecule has 0 amide bonds. The van der Waals surface area contributed by atoms with Crippen molar-refractivity contribution in [1.82, 2.24) is 0 Å². The summed E-state index contributed by atoms with van der Waals surface area (Å²) in [7, 11) is 0. The number of rotatable bonds is 4. The molecular weight excluding hydrogens is 376 g/mol. The molecule has 0 spiro atoms. The fourth-order valence-corrected chi connectivity index (χ4v) is 3.95. The Kier molecular flexibility index (Phi) is 5.08. The van der Waals surface area contributed by atoms with Crippen molar-refractivity contribution in [1.29, 1.82) is 0 Å². The zero-order valence-electron chi connectivity index (χ0n) is 17.1. The van der Waals surface area contributed by atoms with Crippen LogP contribution in [0.4, 0.5) is 0 Å². The van der Waals surface area contributed by atoms with Gasteiger partial charge in [0.05, 0.1) is 0 Å². The van der Waals surface area contributed by atoms with Crippen LogP contribution in [-0.4, -0.2) is 5.11 Å². The zero-order valence-corrected chi connectivity index (χ0v) is 17.1. The summed E-state index contributed by atoms with van der Waals surface area (Å²) in [6.45, 7) is 0. The lowest BCUT2D eigenvalue weighted by Gasteiger charge is -2.10. The highest BCUT2D eigenvalue weighted by atomic mass is 16.3. The molecule has 5 aromatic carbocycles. The molecule has 5 rings (SSSR count). The highest BCUT2D eigenvalue weighted by Gasteiger charge is 2.06. The first-order valence-electron chi connectivity index (χ1n) is 10.4. The summed E-state index contributed by atoms with van der Waals surface area (Å²) in [4.78, 5) is 0. The second-order valence-electron chi connectivity index (χ2n) is 7.66. The molecule has 31 heavy (non-hydrogen) atoms. The van der Waals surface area contributed by atoms with E-state index in [2.05, 4.69) is 97.1 Å². The number of phenols is 1. The van der Waals surface area contributed by atoms with Crippen LogP contribution in [0.3, 0.4) is 0 Å². The van der Waals surface area contributed by atoms with Crippen LogP contribution in [0.25, 0.3) is 44.5 Å². The second kappa shape index (κ2) is 8.33. The van der Waals surface area contributed by atoms with Gasteiger partial charge in [0.1, 0.15) is 5.75 Å². The van der Waals surface area contributed by atoms with Gasteiger partial charge in [-0.2, -0.15) is 0 Å². The van der Waals surface area contributed by atoms with Crippen molar-refractivity contribution in [2.45, 2.75) is 0 Å². The Morgan fingerprint density at radius 2 is 0.613 bits per heavy atom. The number of hydrogen-bond donors (Lipinski definition) is 1. The van der Waals surface area contributed by atoms with Gasteiger partial charge in [0, 0.05) is 0 Å². The molecule has 148 valence electrons. The van der Waals surface area contributed by atoms with Crippen molar-refractivity contribution >= 4 is 0 Å². The Morgan fingerprint density at radius 3 is 1.03 bits per heavy atom. The molecule has 0 aliphatic heterocycles. The zero-order chi connectivity index (χ0) is 21.0. The topological polar surface area (TPSA) is 20.2 Å². The molecule has 0 aliphatic carbocycles. The van der Waals surface area contributed by atoms with Gasteiger partial charge >= 0.3 is 0 Å². The predicted octanol–water partition coefficient (Wildman–Crippen LogP) is 8.06. The maximum atomic E-state index is 9.83. The summed E-state index contributed by atoms with van der Waals surface area (Å²) in [6.07, 6.45) is 0. The van der Waals surface area contributed by atoms with Crippen LogP contribution in [0.5, 0.6) is 5.75 Å². The van der Waals surface area contributed by atoms with Gasteiger partial charge in [-0.25, -0.2) is 0 Å². The Labute approximate surface area is 182 Å². The van der Waals surface area contributed by atoms with Crippen LogP contribution < -0.4 is 0 Å². The van der Waals surface area contributed by atoms with Crippen molar-refractivity contribution in [2.75, 3.05) is 0 Å². The quantitative estimate of drug-likeness (QED) is 0.324. The van der Waals surface area contributed by atoms with Gasteiger partial charge < -0.3 is 5.11 Å². The Bertz CT molecular complexity index is 1340. The van der Waals surface area contributed by atoms with Crippen molar-refractivity contribution in [3.05, 3.63) is 127 Å². The minimum atomic E-state index is 0.281. The molecule has 0 aromatic heterocycles. The Balaban J connectivity index is 1.51. The Hall–Kier alpha value is -4.10. The average Bonchev–Trinajstić information content (AvgIpc) is 2.85. The number of benzene rings is 5. The minimum Gasteiger partial charge on any atom is -0.508 e. The average molecular weight is 399 g/mol. The van der Waals surface area contributed by atoms with E-state index in [-0.39, 0.29) is 5.75 Å². The molecule has 0 fully saturated rings. The third kappa shape index (κ3) is 4.12. The molecule has 0 saturated carbocycles. The highest BCUT2D eigenvalue weighted by molar-refractivity contribution is 5.79. The van der Waals surface area contributed by atoms with Gasteiger partial charge in [0.25, 0.3) is 0 Å².